The number of nitrogens with zero attached hydrogens (tertiary/aromatic N) is 1. The summed E-state index contributed by atoms with van der Waals surface area (Å²) in [6.07, 6.45) is 3.14. The fourth-order valence-corrected chi connectivity index (χ4v) is 2.05. The van der Waals surface area contributed by atoms with Crippen LogP contribution < -0.4 is 5.32 Å². The molecule has 0 atom stereocenters. The molecular formula is C15H18F2N2. The van der Waals surface area contributed by atoms with Gasteiger partial charge in [0.1, 0.15) is 0 Å². The largest absolute Gasteiger partial charge is 0.350 e. The summed E-state index contributed by atoms with van der Waals surface area (Å²) in [6, 6.07) is 8.06. The molecule has 0 bridgehead atoms. The Labute approximate surface area is 112 Å². The maximum atomic E-state index is 13.0. The average Bonchev–Trinajstić information content (AvgIpc) is 2.82. The van der Waals surface area contributed by atoms with Gasteiger partial charge in [-0.25, -0.2) is 8.78 Å². The number of nitrogens with one attached hydrogen (secondary N) is 1. The first-order valence-corrected chi connectivity index (χ1v) is 6.49. The summed E-state index contributed by atoms with van der Waals surface area (Å²) in [5.41, 5.74) is 1.94. The molecule has 1 aromatic heterocycles. The Bertz CT molecular complexity index is 535. The number of halogens is 2. The molecule has 0 saturated heterocycles. The number of aromatic nitrogens is 1. The molecule has 2 aromatic rings. The Hall–Kier alpha value is -1.68. The van der Waals surface area contributed by atoms with Gasteiger partial charge in [-0.1, -0.05) is 13.0 Å². The molecule has 0 fully saturated rings. The lowest BCUT2D eigenvalue weighted by atomic mass is 10.2. The van der Waals surface area contributed by atoms with Gasteiger partial charge in [-0.05, 0) is 36.2 Å². The molecule has 0 amide bonds. The van der Waals surface area contributed by atoms with E-state index in [4.69, 9.17) is 0 Å². The van der Waals surface area contributed by atoms with Crippen LogP contribution in [0, 0.1) is 11.6 Å². The SMILES string of the molecule is CCCn1cccc1CNCc1ccc(F)c(F)c1. The molecular weight excluding hydrogens is 246 g/mol. The van der Waals surface area contributed by atoms with Gasteiger partial charge >= 0.3 is 0 Å². The third-order valence-electron chi connectivity index (χ3n) is 3.01. The van der Waals surface area contributed by atoms with Crippen LogP contribution in [0.25, 0.3) is 0 Å². The maximum absolute atomic E-state index is 13.0. The molecule has 1 N–H and O–H groups in total. The third-order valence-corrected chi connectivity index (χ3v) is 3.01. The standard InChI is InChI=1S/C15H18F2N2/c1-2-7-19-8-3-4-13(19)11-18-10-12-5-6-14(16)15(17)9-12/h3-6,8-9,18H,2,7,10-11H2,1H3. The lowest BCUT2D eigenvalue weighted by Crippen LogP contribution is -2.16. The Morgan fingerprint density at radius 2 is 1.95 bits per heavy atom. The van der Waals surface area contributed by atoms with E-state index in [1.165, 1.54) is 11.8 Å². The molecule has 0 saturated carbocycles. The number of rotatable bonds is 6. The summed E-state index contributed by atoms with van der Waals surface area (Å²) in [5.74, 6) is -1.60. The third kappa shape index (κ3) is 3.64. The second-order valence-electron chi connectivity index (χ2n) is 4.54. The van der Waals surface area contributed by atoms with Crippen molar-refractivity contribution < 1.29 is 8.78 Å². The van der Waals surface area contributed by atoms with Crippen LogP contribution in [-0.4, -0.2) is 4.57 Å². The highest BCUT2D eigenvalue weighted by Crippen LogP contribution is 2.09. The molecule has 2 rings (SSSR count). The minimum absolute atomic E-state index is 0.522. The van der Waals surface area contributed by atoms with Crippen molar-refractivity contribution in [1.29, 1.82) is 0 Å². The van der Waals surface area contributed by atoms with E-state index >= 15 is 0 Å². The molecule has 4 heteroatoms. The summed E-state index contributed by atoms with van der Waals surface area (Å²) in [7, 11) is 0. The molecule has 0 spiro atoms. The molecule has 0 aliphatic heterocycles. The highest BCUT2D eigenvalue weighted by atomic mass is 19.2. The van der Waals surface area contributed by atoms with Gasteiger partial charge in [0, 0.05) is 31.5 Å². The first-order valence-electron chi connectivity index (χ1n) is 6.49. The fraction of sp³-hybridized carbons (Fsp3) is 0.333. The molecule has 19 heavy (non-hydrogen) atoms. The van der Waals surface area contributed by atoms with E-state index in [1.807, 2.05) is 6.07 Å². The van der Waals surface area contributed by atoms with Crippen molar-refractivity contribution in [2.24, 2.45) is 0 Å². The van der Waals surface area contributed by atoms with Crippen LogP contribution in [0.3, 0.4) is 0 Å². The van der Waals surface area contributed by atoms with Crippen LogP contribution in [0.2, 0.25) is 0 Å². The van der Waals surface area contributed by atoms with Gasteiger partial charge in [0.25, 0.3) is 0 Å². The van der Waals surface area contributed by atoms with Crippen LogP contribution in [-0.2, 0) is 19.6 Å². The van der Waals surface area contributed by atoms with Gasteiger partial charge in [-0.3, -0.25) is 0 Å². The van der Waals surface area contributed by atoms with Gasteiger partial charge in [-0.2, -0.15) is 0 Å². The minimum atomic E-state index is -0.805. The van der Waals surface area contributed by atoms with Crippen molar-refractivity contribution in [3.8, 4) is 0 Å². The topological polar surface area (TPSA) is 17.0 Å². The van der Waals surface area contributed by atoms with Crippen LogP contribution in [0.15, 0.2) is 36.5 Å². The predicted octanol–water partition coefficient (Wildman–Crippen LogP) is 3.47. The summed E-state index contributed by atoms with van der Waals surface area (Å²) >= 11 is 0. The second-order valence-corrected chi connectivity index (χ2v) is 4.54. The van der Waals surface area contributed by atoms with E-state index in [9.17, 15) is 8.78 Å². The monoisotopic (exact) mass is 264 g/mol. The van der Waals surface area contributed by atoms with Gasteiger partial charge in [0.2, 0.25) is 0 Å². The van der Waals surface area contributed by atoms with Gasteiger partial charge in [-0.15, -0.1) is 0 Å². The van der Waals surface area contributed by atoms with Crippen molar-refractivity contribution in [3.63, 3.8) is 0 Å². The highest BCUT2D eigenvalue weighted by molar-refractivity contribution is 5.17. The zero-order valence-electron chi connectivity index (χ0n) is 11.0. The lowest BCUT2D eigenvalue weighted by Gasteiger charge is -2.09. The number of aryl methyl sites for hydroxylation is 1. The van der Waals surface area contributed by atoms with Crippen LogP contribution in [0.4, 0.5) is 8.78 Å². The van der Waals surface area contributed by atoms with Crippen molar-refractivity contribution >= 4 is 0 Å². The zero-order valence-corrected chi connectivity index (χ0v) is 11.0. The molecule has 1 aromatic carbocycles. The smallest absolute Gasteiger partial charge is 0.159 e. The normalized spacial score (nSPS) is 10.9. The van der Waals surface area contributed by atoms with Crippen molar-refractivity contribution in [2.45, 2.75) is 33.0 Å². The molecule has 0 aliphatic rings. The summed E-state index contributed by atoms with van der Waals surface area (Å²) in [5, 5.41) is 3.24. The van der Waals surface area contributed by atoms with E-state index in [0.717, 1.165) is 24.6 Å². The summed E-state index contributed by atoms with van der Waals surface area (Å²) in [6.45, 7) is 4.37. The van der Waals surface area contributed by atoms with Crippen molar-refractivity contribution in [1.82, 2.24) is 9.88 Å². The van der Waals surface area contributed by atoms with E-state index < -0.39 is 11.6 Å². The van der Waals surface area contributed by atoms with Gasteiger partial charge < -0.3 is 9.88 Å². The lowest BCUT2D eigenvalue weighted by molar-refractivity contribution is 0.505. The molecule has 1 heterocycles. The van der Waals surface area contributed by atoms with Crippen LogP contribution in [0.5, 0.6) is 0 Å². The molecule has 0 aliphatic carbocycles. The predicted molar refractivity (Wildman–Crippen MR) is 71.6 cm³/mol. The Balaban J connectivity index is 1.89. The molecule has 0 radical (unpaired) electrons. The summed E-state index contributed by atoms with van der Waals surface area (Å²) in [4.78, 5) is 0. The highest BCUT2D eigenvalue weighted by Gasteiger charge is 2.03. The Morgan fingerprint density at radius 1 is 1.11 bits per heavy atom. The molecule has 0 unspecified atom stereocenters. The van der Waals surface area contributed by atoms with E-state index in [-0.39, 0.29) is 0 Å². The van der Waals surface area contributed by atoms with Gasteiger partial charge in [0.05, 0.1) is 0 Å². The van der Waals surface area contributed by atoms with Crippen molar-refractivity contribution in [3.05, 3.63) is 59.4 Å². The Kier molecular flexibility index (Phi) is 4.68. The average molecular weight is 264 g/mol. The number of benzene rings is 1. The van der Waals surface area contributed by atoms with Crippen LogP contribution >= 0.6 is 0 Å². The summed E-state index contributed by atoms with van der Waals surface area (Å²) < 4.78 is 28.0. The van der Waals surface area contributed by atoms with E-state index in [2.05, 4.69) is 29.1 Å². The number of hydrogen-bond donors (Lipinski definition) is 1. The van der Waals surface area contributed by atoms with Crippen LogP contribution in [0.1, 0.15) is 24.6 Å². The van der Waals surface area contributed by atoms with Crippen molar-refractivity contribution in [2.75, 3.05) is 0 Å². The Morgan fingerprint density at radius 3 is 2.68 bits per heavy atom. The molecule has 102 valence electrons. The van der Waals surface area contributed by atoms with Gasteiger partial charge in [0.15, 0.2) is 11.6 Å². The van der Waals surface area contributed by atoms with E-state index in [0.29, 0.717) is 13.1 Å². The fourth-order valence-electron chi connectivity index (χ4n) is 2.05. The number of hydrogen-bond acceptors (Lipinski definition) is 1. The first kappa shape index (κ1) is 13.7. The quantitative estimate of drug-likeness (QED) is 0.845. The maximum Gasteiger partial charge on any atom is 0.159 e. The first-order chi connectivity index (χ1) is 9.20. The van der Waals surface area contributed by atoms with E-state index in [1.54, 1.807) is 6.07 Å². The molecule has 2 nitrogen and oxygen atoms in total. The minimum Gasteiger partial charge on any atom is -0.350 e. The zero-order chi connectivity index (χ0) is 13.7. The second kappa shape index (κ2) is 6.48.